The molecule has 1 heterocycles. The van der Waals surface area contributed by atoms with Gasteiger partial charge in [-0.05, 0) is 32.6 Å². The van der Waals surface area contributed by atoms with Crippen LogP contribution in [0.2, 0.25) is 0 Å². The number of nitrogens with one attached hydrogen (secondary N) is 1. The molecule has 0 fully saturated rings. The van der Waals surface area contributed by atoms with E-state index in [0.29, 0.717) is 0 Å². The predicted octanol–water partition coefficient (Wildman–Crippen LogP) is 2.07. The van der Waals surface area contributed by atoms with E-state index in [2.05, 4.69) is 41.1 Å². The molecule has 0 aliphatic heterocycles. The maximum absolute atomic E-state index is 8.78. The Morgan fingerprint density at radius 2 is 2.00 bits per heavy atom. The van der Waals surface area contributed by atoms with E-state index in [1.807, 2.05) is 0 Å². The highest BCUT2D eigenvalue weighted by atomic mass is 16.2. The fraction of sp³-hybridized carbons (Fsp3) is 0.714. The molecule has 19 heavy (non-hydrogen) atoms. The lowest BCUT2D eigenvalue weighted by molar-refractivity contribution is 0.283. The molecule has 0 aliphatic rings. The highest BCUT2D eigenvalue weighted by Crippen LogP contribution is 2.23. The average Bonchev–Trinajstić information content (AvgIpc) is 2.43. The molecule has 0 saturated carbocycles. The zero-order chi connectivity index (χ0) is 14.1. The first-order valence-corrected chi connectivity index (χ1v) is 7.14. The fourth-order valence-electron chi connectivity index (χ4n) is 2.12. The zero-order valence-corrected chi connectivity index (χ0v) is 12.3. The van der Waals surface area contributed by atoms with Gasteiger partial charge in [0.15, 0.2) is 0 Å². The second-order valence-electron chi connectivity index (χ2n) is 4.61. The number of aliphatic hydroxyl groups excluding tert-OH is 1. The van der Waals surface area contributed by atoms with Crippen LogP contribution in [0.15, 0.2) is 6.33 Å². The number of hydrogen-bond donors (Lipinski definition) is 2. The maximum Gasteiger partial charge on any atom is 0.137 e. The molecule has 0 aromatic carbocycles. The van der Waals surface area contributed by atoms with Crippen molar-refractivity contribution in [3.63, 3.8) is 0 Å². The van der Waals surface area contributed by atoms with E-state index >= 15 is 0 Å². The normalized spacial score (nSPS) is 10.5. The van der Waals surface area contributed by atoms with Gasteiger partial charge >= 0.3 is 0 Å². The van der Waals surface area contributed by atoms with E-state index in [4.69, 9.17) is 5.11 Å². The Labute approximate surface area is 116 Å². The third-order valence-electron chi connectivity index (χ3n) is 3.13. The molecule has 5 nitrogen and oxygen atoms in total. The summed E-state index contributed by atoms with van der Waals surface area (Å²) in [6.45, 7) is 6.30. The summed E-state index contributed by atoms with van der Waals surface area (Å²) in [5.74, 6) is 1.95. The van der Waals surface area contributed by atoms with Crippen molar-refractivity contribution in [1.82, 2.24) is 9.97 Å². The highest BCUT2D eigenvalue weighted by Gasteiger charge is 2.12. The number of aromatic nitrogens is 2. The highest BCUT2D eigenvalue weighted by molar-refractivity contribution is 5.58. The van der Waals surface area contributed by atoms with Crippen molar-refractivity contribution in [2.75, 3.05) is 37.0 Å². The molecule has 0 amide bonds. The summed E-state index contributed by atoms with van der Waals surface area (Å²) >= 11 is 0. The van der Waals surface area contributed by atoms with Gasteiger partial charge in [-0.2, -0.15) is 0 Å². The number of nitrogens with zero attached hydrogens (tertiary/aromatic N) is 3. The standard InChI is InChI=1S/C14H26N4O/c1-4-12-13(15-5-2)16-11-17-14(12)18(3)9-7-6-8-10-19/h11,19H,4-10H2,1-3H3,(H,15,16,17). The van der Waals surface area contributed by atoms with Crippen molar-refractivity contribution in [3.05, 3.63) is 11.9 Å². The van der Waals surface area contributed by atoms with E-state index in [1.165, 1.54) is 5.56 Å². The second kappa shape index (κ2) is 8.69. The minimum atomic E-state index is 0.280. The molecule has 1 rings (SSSR count). The fourth-order valence-corrected chi connectivity index (χ4v) is 2.12. The average molecular weight is 266 g/mol. The Bertz CT molecular complexity index is 370. The number of unbranched alkanes of at least 4 members (excludes halogenated alkanes) is 2. The zero-order valence-electron chi connectivity index (χ0n) is 12.3. The smallest absolute Gasteiger partial charge is 0.137 e. The molecule has 0 atom stereocenters. The van der Waals surface area contributed by atoms with Crippen LogP contribution in [0.1, 0.15) is 38.7 Å². The Morgan fingerprint density at radius 1 is 1.21 bits per heavy atom. The van der Waals surface area contributed by atoms with Crippen molar-refractivity contribution in [3.8, 4) is 0 Å². The Morgan fingerprint density at radius 3 is 2.63 bits per heavy atom. The van der Waals surface area contributed by atoms with Crippen molar-refractivity contribution >= 4 is 11.6 Å². The molecule has 1 aromatic rings. The molecule has 2 N–H and O–H groups in total. The van der Waals surface area contributed by atoms with Crippen LogP contribution in [-0.2, 0) is 6.42 Å². The third-order valence-corrected chi connectivity index (χ3v) is 3.13. The van der Waals surface area contributed by atoms with Crippen LogP contribution >= 0.6 is 0 Å². The second-order valence-corrected chi connectivity index (χ2v) is 4.61. The van der Waals surface area contributed by atoms with Crippen molar-refractivity contribution in [2.24, 2.45) is 0 Å². The lowest BCUT2D eigenvalue weighted by atomic mass is 10.2. The van der Waals surface area contributed by atoms with Gasteiger partial charge in [0.1, 0.15) is 18.0 Å². The van der Waals surface area contributed by atoms with Crippen LogP contribution in [0.3, 0.4) is 0 Å². The number of rotatable bonds is 9. The lowest BCUT2D eigenvalue weighted by Crippen LogP contribution is -2.22. The first kappa shape index (κ1) is 15.7. The Kier molecular flexibility index (Phi) is 7.18. The Hall–Kier alpha value is -1.36. The minimum Gasteiger partial charge on any atom is -0.396 e. The molecule has 5 heteroatoms. The molecule has 0 spiro atoms. The van der Waals surface area contributed by atoms with E-state index in [0.717, 1.165) is 50.4 Å². The summed E-state index contributed by atoms with van der Waals surface area (Å²) in [6.07, 6.45) is 5.53. The summed E-state index contributed by atoms with van der Waals surface area (Å²) in [4.78, 5) is 10.9. The van der Waals surface area contributed by atoms with Gasteiger partial charge in [-0.1, -0.05) is 6.92 Å². The summed E-state index contributed by atoms with van der Waals surface area (Å²) in [5, 5.41) is 12.1. The molecule has 0 radical (unpaired) electrons. The maximum atomic E-state index is 8.78. The monoisotopic (exact) mass is 266 g/mol. The van der Waals surface area contributed by atoms with Crippen LogP contribution in [-0.4, -0.2) is 41.8 Å². The summed E-state index contributed by atoms with van der Waals surface area (Å²) in [5.41, 5.74) is 1.18. The van der Waals surface area contributed by atoms with Gasteiger partial charge in [0.2, 0.25) is 0 Å². The SMILES string of the molecule is CCNc1ncnc(N(C)CCCCCO)c1CC. The summed E-state index contributed by atoms with van der Waals surface area (Å²) in [6, 6.07) is 0. The number of aliphatic hydroxyl groups is 1. The van der Waals surface area contributed by atoms with Crippen LogP contribution in [0.4, 0.5) is 11.6 Å². The summed E-state index contributed by atoms with van der Waals surface area (Å²) in [7, 11) is 2.07. The number of hydrogen-bond acceptors (Lipinski definition) is 5. The third kappa shape index (κ3) is 4.67. The van der Waals surface area contributed by atoms with Crippen molar-refractivity contribution < 1.29 is 5.11 Å². The van der Waals surface area contributed by atoms with Gasteiger partial charge in [-0.3, -0.25) is 0 Å². The van der Waals surface area contributed by atoms with Gasteiger partial charge in [0.05, 0.1) is 0 Å². The largest absolute Gasteiger partial charge is 0.396 e. The molecular weight excluding hydrogens is 240 g/mol. The van der Waals surface area contributed by atoms with Crippen molar-refractivity contribution in [1.29, 1.82) is 0 Å². The van der Waals surface area contributed by atoms with Crippen LogP contribution < -0.4 is 10.2 Å². The molecule has 0 aliphatic carbocycles. The van der Waals surface area contributed by atoms with E-state index < -0.39 is 0 Å². The molecule has 0 saturated heterocycles. The molecule has 0 unspecified atom stereocenters. The minimum absolute atomic E-state index is 0.280. The topological polar surface area (TPSA) is 61.3 Å². The van der Waals surface area contributed by atoms with E-state index in [-0.39, 0.29) is 6.61 Å². The van der Waals surface area contributed by atoms with Gasteiger partial charge in [0.25, 0.3) is 0 Å². The first-order chi connectivity index (χ1) is 9.24. The first-order valence-electron chi connectivity index (χ1n) is 7.14. The van der Waals surface area contributed by atoms with E-state index in [1.54, 1.807) is 6.33 Å². The lowest BCUT2D eigenvalue weighted by Gasteiger charge is -2.22. The van der Waals surface area contributed by atoms with Gasteiger partial charge in [-0.25, -0.2) is 9.97 Å². The van der Waals surface area contributed by atoms with E-state index in [9.17, 15) is 0 Å². The quantitative estimate of drug-likeness (QED) is 0.670. The van der Waals surface area contributed by atoms with Gasteiger partial charge in [-0.15, -0.1) is 0 Å². The molecule has 108 valence electrons. The Balaban J connectivity index is 2.72. The van der Waals surface area contributed by atoms with Crippen LogP contribution in [0, 0.1) is 0 Å². The summed E-state index contributed by atoms with van der Waals surface area (Å²) < 4.78 is 0. The van der Waals surface area contributed by atoms with Crippen molar-refractivity contribution in [2.45, 2.75) is 39.5 Å². The number of anilines is 2. The predicted molar refractivity (Wildman–Crippen MR) is 79.8 cm³/mol. The van der Waals surface area contributed by atoms with Gasteiger partial charge in [0, 0.05) is 32.3 Å². The molecule has 1 aromatic heterocycles. The van der Waals surface area contributed by atoms with Crippen LogP contribution in [0.25, 0.3) is 0 Å². The van der Waals surface area contributed by atoms with Crippen LogP contribution in [0.5, 0.6) is 0 Å². The molecule has 0 bridgehead atoms. The van der Waals surface area contributed by atoms with Gasteiger partial charge < -0.3 is 15.3 Å². The molecular formula is C14H26N4O.